The first-order valence-electron chi connectivity index (χ1n) is 7.32. The monoisotopic (exact) mass is 321 g/mol. The number of hydrogen-bond acceptors (Lipinski definition) is 3. The fourth-order valence-corrected chi connectivity index (χ4v) is 2.42. The van der Waals surface area contributed by atoms with Gasteiger partial charge in [0, 0.05) is 17.5 Å². The van der Waals surface area contributed by atoms with E-state index in [1.54, 1.807) is 6.20 Å². The van der Waals surface area contributed by atoms with Crippen LogP contribution in [0, 0.1) is 0 Å². The summed E-state index contributed by atoms with van der Waals surface area (Å²) in [6.07, 6.45) is 5.54. The number of carbonyl (C=O) groups is 1. The zero-order chi connectivity index (χ0) is 17.4. The molecule has 0 atom stereocenters. The molecule has 0 aliphatic rings. The van der Waals surface area contributed by atoms with Crippen molar-refractivity contribution in [2.24, 2.45) is 11.7 Å². The Balaban J connectivity index is 0.00000100. The lowest BCUT2D eigenvalue weighted by Gasteiger charge is -2.08. The number of rotatable bonds is 4. The third kappa shape index (κ3) is 3.98. The third-order valence-electron chi connectivity index (χ3n) is 3.45. The molecular formula is C19H19N3O2. The molecule has 0 saturated carbocycles. The van der Waals surface area contributed by atoms with Gasteiger partial charge >= 0.3 is 5.97 Å². The highest BCUT2D eigenvalue weighted by Gasteiger charge is 2.15. The second kappa shape index (κ2) is 8.47. The summed E-state index contributed by atoms with van der Waals surface area (Å²) in [4.78, 5) is 14.8. The van der Waals surface area contributed by atoms with E-state index in [0.717, 1.165) is 11.3 Å². The van der Waals surface area contributed by atoms with Gasteiger partial charge in [-0.05, 0) is 23.3 Å². The maximum atomic E-state index is 11.7. The molecule has 122 valence electrons. The fourth-order valence-electron chi connectivity index (χ4n) is 2.42. The van der Waals surface area contributed by atoms with Crippen molar-refractivity contribution in [3.63, 3.8) is 0 Å². The standard InChI is InChI=1S/C19H15NO2.H4N2/c21-19(22)18-15(12-11-14-6-2-1-3-7-14)8-4-9-16(18)17-10-5-13-20-17;1-2/h1-13,20H,(H,21,22);1-2H2. The minimum absolute atomic E-state index is 0.303. The first-order valence-corrected chi connectivity index (χ1v) is 7.32. The first kappa shape index (κ1) is 17.2. The molecule has 0 unspecified atom stereocenters. The number of nitrogens with one attached hydrogen (secondary N) is 1. The van der Waals surface area contributed by atoms with Crippen LogP contribution in [-0.2, 0) is 0 Å². The molecule has 5 nitrogen and oxygen atoms in total. The van der Waals surface area contributed by atoms with Crippen LogP contribution < -0.4 is 11.7 Å². The van der Waals surface area contributed by atoms with Crippen molar-refractivity contribution in [2.75, 3.05) is 0 Å². The number of benzene rings is 2. The van der Waals surface area contributed by atoms with E-state index in [0.29, 0.717) is 16.7 Å². The van der Waals surface area contributed by atoms with Crippen LogP contribution in [0.5, 0.6) is 0 Å². The summed E-state index contributed by atoms with van der Waals surface area (Å²) < 4.78 is 0. The van der Waals surface area contributed by atoms with Gasteiger partial charge in [-0.25, -0.2) is 4.79 Å². The summed E-state index contributed by atoms with van der Waals surface area (Å²) >= 11 is 0. The Morgan fingerprint density at radius 3 is 2.29 bits per heavy atom. The van der Waals surface area contributed by atoms with Crippen molar-refractivity contribution in [2.45, 2.75) is 0 Å². The van der Waals surface area contributed by atoms with Crippen LogP contribution in [0.3, 0.4) is 0 Å². The van der Waals surface area contributed by atoms with E-state index in [-0.39, 0.29) is 0 Å². The lowest BCUT2D eigenvalue weighted by Crippen LogP contribution is -2.02. The number of nitrogens with two attached hydrogens (primary N) is 2. The van der Waals surface area contributed by atoms with Gasteiger partial charge in [-0.3, -0.25) is 11.7 Å². The van der Waals surface area contributed by atoms with Crippen molar-refractivity contribution in [3.8, 4) is 11.3 Å². The van der Waals surface area contributed by atoms with Crippen LogP contribution in [-0.4, -0.2) is 16.1 Å². The molecule has 2 aromatic carbocycles. The van der Waals surface area contributed by atoms with Crippen molar-refractivity contribution in [1.29, 1.82) is 0 Å². The second-order valence-electron chi connectivity index (χ2n) is 4.90. The Hall–Kier alpha value is -3.15. The second-order valence-corrected chi connectivity index (χ2v) is 4.90. The molecule has 0 aliphatic heterocycles. The smallest absolute Gasteiger partial charge is 0.336 e. The molecule has 0 saturated heterocycles. The molecule has 6 N–H and O–H groups in total. The number of aromatic carboxylic acids is 1. The Labute approximate surface area is 140 Å². The summed E-state index contributed by atoms with van der Waals surface area (Å²) in [5.41, 5.74) is 3.50. The van der Waals surface area contributed by atoms with E-state index in [1.807, 2.05) is 72.8 Å². The average Bonchev–Trinajstić information content (AvgIpc) is 3.16. The highest BCUT2D eigenvalue weighted by atomic mass is 16.4. The van der Waals surface area contributed by atoms with Gasteiger partial charge in [0.25, 0.3) is 0 Å². The fraction of sp³-hybridized carbons (Fsp3) is 0. The van der Waals surface area contributed by atoms with Crippen molar-refractivity contribution < 1.29 is 9.90 Å². The van der Waals surface area contributed by atoms with Crippen LogP contribution in [0.2, 0.25) is 0 Å². The molecule has 0 aliphatic carbocycles. The van der Waals surface area contributed by atoms with Crippen LogP contribution >= 0.6 is 0 Å². The molecular weight excluding hydrogens is 302 g/mol. The zero-order valence-corrected chi connectivity index (χ0v) is 13.0. The predicted molar refractivity (Wildman–Crippen MR) is 96.9 cm³/mol. The van der Waals surface area contributed by atoms with E-state index < -0.39 is 5.97 Å². The first-order chi connectivity index (χ1) is 11.8. The minimum atomic E-state index is -0.932. The van der Waals surface area contributed by atoms with Gasteiger partial charge in [0.1, 0.15) is 0 Å². The quantitative estimate of drug-likeness (QED) is 0.336. The maximum Gasteiger partial charge on any atom is 0.336 e. The normalized spacial score (nSPS) is 10.2. The third-order valence-corrected chi connectivity index (χ3v) is 3.45. The average molecular weight is 321 g/mol. The largest absolute Gasteiger partial charge is 0.478 e. The molecule has 0 radical (unpaired) electrons. The molecule has 5 heteroatoms. The number of aromatic amines is 1. The van der Waals surface area contributed by atoms with Crippen LogP contribution in [0.4, 0.5) is 0 Å². The highest BCUT2D eigenvalue weighted by Crippen LogP contribution is 2.26. The summed E-state index contributed by atoms with van der Waals surface area (Å²) in [5, 5.41) is 9.59. The van der Waals surface area contributed by atoms with Gasteiger partial charge in [0.15, 0.2) is 0 Å². The number of H-pyrrole nitrogens is 1. The van der Waals surface area contributed by atoms with Crippen LogP contribution in [0.25, 0.3) is 23.4 Å². The van der Waals surface area contributed by atoms with E-state index in [4.69, 9.17) is 0 Å². The number of hydrazine groups is 1. The number of carboxylic acid groups (broad SMARTS) is 1. The summed E-state index contributed by atoms with van der Waals surface area (Å²) in [7, 11) is 0. The van der Waals surface area contributed by atoms with Gasteiger partial charge in [-0.1, -0.05) is 60.7 Å². The summed E-state index contributed by atoms with van der Waals surface area (Å²) in [6.45, 7) is 0. The van der Waals surface area contributed by atoms with Crippen LogP contribution in [0.15, 0.2) is 66.9 Å². The van der Waals surface area contributed by atoms with E-state index in [2.05, 4.69) is 16.7 Å². The zero-order valence-electron chi connectivity index (χ0n) is 13.0. The highest BCUT2D eigenvalue weighted by molar-refractivity contribution is 6.00. The number of hydrogen-bond donors (Lipinski definition) is 4. The Morgan fingerprint density at radius 2 is 1.67 bits per heavy atom. The van der Waals surface area contributed by atoms with E-state index >= 15 is 0 Å². The number of carboxylic acids is 1. The van der Waals surface area contributed by atoms with Gasteiger partial charge in [0.05, 0.1) is 5.56 Å². The molecule has 0 amide bonds. The Bertz CT molecular complexity index is 810. The maximum absolute atomic E-state index is 11.7. The topological polar surface area (TPSA) is 105 Å². The molecule has 0 bridgehead atoms. The van der Waals surface area contributed by atoms with Gasteiger partial charge in [-0.2, -0.15) is 0 Å². The molecule has 3 aromatic rings. The Morgan fingerprint density at radius 1 is 0.917 bits per heavy atom. The number of aromatic nitrogens is 1. The SMILES string of the molecule is NN.O=C(O)c1c(C=Cc2ccccc2)cccc1-c1ccc[nH]1. The molecule has 1 aromatic heterocycles. The lowest BCUT2D eigenvalue weighted by molar-refractivity contribution is 0.0697. The molecule has 0 fully saturated rings. The van der Waals surface area contributed by atoms with Gasteiger partial charge in [-0.15, -0.1) is 0 Å². The lowest BCUT2D eigenvalue weighted by atomic mass is 9.98. The summed E-state index contributed by atoms with van der Waals surface area (Å²) in [6, 6.07) is 19.0. The van der Waals surface area contributed by atoms with Gasteiger partial charge in [0.2, 0.25) is 0 Å². The van der Waals surface area contributed by atoms with Crippen LogP contribution in [0.1, 0.15) is 21.5 Å². The molecule has 3 rings (SSSR count). The van der Waals surface area contributed by atoms with Crippen molar-refractivity contribution in [1.82, 2.24) is 4.98 Å². The minimum Gasteiger partial charge on any atom is -0.478 e. The van der Waals surface area contributed by atoms with Crippen molar-refractivity contribution >= 4 is 18.1 Å². The van der Waals surface area contributed by atoms with E-state index in [9.17, 15) is 9.90 Å². The van der Waals surface area contributed by atoms with E-state index in [1.165, 1.54) is 0 Å². The summed E-state index contributed by atoms with van der Waals surface area (Å²) in [5.74, 6) is 7.07. The Kier molecular flexibility index (Phi) is 6.08. The molecule has 0 spiro atoms. The van der Waals surface area contributed by atoms with Gasteiger partial charge < -0.3 is 10.1 Å². The molecule has 24 heavy (non-hydrogen) atoms. The predicted octanol–water partition coefficient (Wildman–Crippen LogP) is 3.37. The van der Waals surface area contributed by atoms with Crippen molar-refractivity contribution in [3.05, 3.63) is 83.6 Å². The molecule has 1 heterocycles.